The van der Waals surface area contributed by atoms with Crippen LogP contribution >= 0.6 is 0 Å². The minimum atomic E-state index is -0.704. The van der Waals surface area contributed by atoms with Crippen molar-refractivity contribution < 1.29 is 14.3 Å². The summed E-state index contributed by atoms with van der Waals surface area (Å²) in [5.74, 6) is 0. The standard InChI is InChI=1S/C15H21N3O3/c1-3-21-15(20)18(11-9-16)14(19)17-10-8-13-6-4-12(2)5-7-13/h4-8,10H,3,9,11,16H2,1-2H3,(H,17,19)/b10-8+. The maximum Gasteiger partial charge on any atom is 0.418 e. The Hall–Kier alpha value is -2.34. The molecule has 1 aromatic carbocycles. The van der Waals surface area contributed by atoms with Crippen LogP contribution in [0.4, 0.5) is 9.59 Å². The molecule has 0 saturated carbocycles. The first-order chi connectivity index (χ1) is 10.1. The second kappa shape index (κ2) is 8.76. The summed E-state index contributed by atoms with van der Waals surface area (Å²) in [7, 11) is 0. The summed E-state index contributed by atoms with van der Waals surface area (Å²) in [6.07, 6.45) is 2.52. The van der Waals surface area contributed by atoms with Gasteiger partial charge in [-0.1, -0.05) is 29.8 Å². The number of aryl methyl sites for hydroxylation is 1. The first-order valence-electron chi connectivity index (χ1n) is 6.76. The van der Waals surface area contributed by atoms with Crippen molar-refractivity contribution in [3.63, 3.8) is 0 Å². The molecule has 1 aromatic rings. The number of urea groups is 1. The van der Waals surface area contributed by atoms with E-state index >= 15 is 0 Å². The lowest BCUT2D eigenvalue weighted by Gasteiger charge is -2.18. The van der Waals surface area contributed by atoms with Crippen molar-refractivity contribution >= 4 is 18.2 Å². The number of carbonyl (C=O) groups is 2. The average Bonchev–Trinajstić information content (AvgIpc) is 2.47. The summed E-state index contributed by atoms with van der Waals surface area (Å²) < 4.78 is 4.80. The van der Waals surface area contributed by atoms with E-state index in [1.54, 1.807) is 13.0 Å². The number of nitrogens with zero attached hydrogens (tertiary/aromatic N) is 1. The normalized spacial score (nSPS) is 10.4. The predicted octanol–water partition coefficient (Wildman–Crippen LogP) is 2.09. The molecule has 0 heterocycles. The smallest absolute Gasteiger partial charge is 0.418 e. The van der Waals surface area contributed by atoms with E-state index < -0.39 is 12.1 Å². The fourth-order valence-electron chi connectivity index (χ4n) is 1.57. The molecule has 6 heteroatoms. The zero-order valence-corrected chi connectivity index (χ0v) is 12.3. The quantitative estimate of drug-likeness (QED) is 0.870. The van der Waals surface area contributed by atoms with Crippen LogP contribution in [0.25, 0.3) is 6.08 Å². The van der Waals surface area contributed by atoms with Crippen LogP contribution in [0.15, 0.2) is 30.5 Å². The number of carbonyl (C=O) groups excluding carboxylic acids is 2. The van der Waals surface area contributed by atoms with Crippen LogP contribution in [-0.4, -0.2) is 36.7 Å². The average molecular weight is 291 g/mol. The van der Waals surface area contributed by atoms with E-state index in [1.165, 1.54) is 6.20 Å². The van der Waals surface area contributed by atoms with Gasteiger partial charge in [0, 0.05) is 19.3 Å². The van der Waals surface area contributed by atoms with Crippen LogP contribution in [0, 0.1) is 6.92 Å². The van der Waals surface area contributed by atoms with Gasteiger partial charge in [-0.2, -0.15) is 0 Å². The number of rotatable bonds is 5. The molecule has 0 bridgehead atoms. The molecule has 21 heavy (non-hydrogen) atoms. The highest BCUT2D eigenvalue weighted by molar-refractivity contribution is 5.91. The van der Waals surface area contributed by atoms with Crippen molar-refractivity contribution in [3.05, 3.63) is 41.6 Å². The highest BCUT2D eigenvalue weighted by Gasteiger charge is 2.20. The van der Waals surface area contributed by atoms with Gasteiger partial charge >= 0.3 is 12.1 Å². The molecule has 0 aromatic heterocycles. The second-order valence-electron chi connectivity index (χ2n) is 4.33. The zero-order valence-electron chi connectivity index (χ0n) is 12.3. The van der Waals surface area contributed by atoms with Gasteiger partial charge in [0.15, 0.2) is 0 Å². The topological polar surface area (TPSA) is 84.7 Å². The van der Waals surface area contributed by atoms with Crippen LogP contribution in [-0.2, 0) is 4.74 Å². The molecule has 0 radical (unpaired) electrons. The predicted molar refractivity (Wildman–Crippen MR) is 81.5 cm³/mol. The monoisotopic (exact) mass is 291 g/mol. The Balaban J connectivity index is 2.60. The van der Waals surface area contributed by atoms with Gasteiger partial charge in [-0.15, -0.1) is 0 Å². The fraction of sp³-hybridized carbons (Fsp3) is 0.333. The minimum Gasteiger partial charge on any atom is -0.449 e. The Labute approximate surface area is 124 Å². The van der Waals surface area contributed by atoms with Gasteiger partial charge in [0.2, 0.25) is 0 Å². The summed E-state index contributed by atoms with van der Waals surface area (Å²) in [6, 6.07) is 7.24. The van der Waals surface area contributed by atoms with Gasteiger partial charge < -0.3 is 15.8 Å². The lowest BCUT2D eigenvalue weighted by molar-refractivity contribution is 0.116. The number of hydrogen-bond acceptors (Lipinski definition) is 4. The molecule has 0 aliphatic carbocycles. The van der Waals surface area contributed by atoms with E-state index in [1.807, 2.05) is 31.2 Å². The number of amides is 3. The Morgan fingerprint density at radius 3 is 2.57 bits per heavy atom. The second-order valence-corrected chi connectivity index (χ2v) is 4.33. The van der Waals surface area contributed by atoms with Crippen LogP contribution in [0.3, 0.4) is 0 Å². The zero-order chi connectivity index (χ0) is 15.7. The lowest BCUT2D eigenvalue weighted by atomic mass is 10.1. The maximum absolute atomic E-state index is 11.9. The Bertz CT molecular complexity index is 497. The molecular weight excluding hydrogens is 270 g/mol. The Morgan fingerprint density at radius 1 is 1.33 bits per heavy atom. The minimum absolute atomic E-state index is 0.100. The number of nitrogens with two attached hydrogens (primary N) is 1. The Kier molecular flexibility index (Phi) is 6.97. The molecule has 0 spiro atoms. The SMILES string of the molecule is CCOC(=O)N(CCN)C(=O)N/C=C/c1ccc(C)cc1. The molecule has 0 unspecified atom stereocenters. The number of nitrogens with one attached hydrogen (secondary N) is 1. The van der Waals surface area contributed by atoms with E-state index in [4.69, 9.17) is 10.5 Å². The largest absolute Gasteiger partial charge is 0.449 e. The van der Waals surface area contributed by atoms with E-state index in [0.717, 1.165) is 16.0 Å². The summed E-state index contributed by atoms with van der Waals surface area (Å²) in [5.41, 5.74) is 7.49. The van der Waals surface area contributed by atoms with Crippen molar-refractivity contribution in [3.8, 4) is 0 Å². The highest BCUT2D eigenvalue weighted by atomic mass is 16.6. The molecule has 0 atom stereocenters. The van der Waals surface area contributed by atoms with Crippen molar-refractivity contribution in [2.75, 3.05) is 19.7 Å². The van der Waals surface area contributed by atoms with E-state index in [-0.39, 0.29) is 19.7 Å². The number of imide groups is 1. The molecule has 3 N–H and O–H groups in total. The highest BCUT2D eigenvalue weighted by Crippen LogP contribution is 2.04. The van der Waals surface area contributed by atoms with Crippen LogP contribution in [0.1, 0.15) is 18.1 Å². The summed E-state index contributed by atoms with van der Waals surface area (Å²) in [6.45, 7) is 4.15. The molecular formula is C15H21N3O3. The third-order valence-corrected chi connectivity index (χ3v) is 2.65. The van der Waals surface area contributed by atoms with Crippen molar-refractivity contribution in [1.82, 2.24) is 10.2 Å². The molecule has 6 nitrogen and oxygen atoms in total. The van der Waals surface area contributed by atoms with Gasteiger partial charge in [-0.3, -0.25) is 0 Å². The van der Waals surface area contributed by atoms with Gasteiger partial charge in [0.05, 0.1) is 6.61 Å². The summed E-state index contributed by atoms with van der Waals surface area (Å²) >= 11 is 0. The van der Waals surface area contributed by atoms with E-state index in [9.17, 15) is 9.59 Å². The van der Waals surface area contributed by atoms with Gasteiger partial charge in [0.25, 0.3) is 0 Å². The van der Waals surface area contributed by atoms with Gasteiger partial charge in [0.1, 0.15) is 0 Å². The Morgan fingerprint density at radius 2 is 2.00 bits per heavy atom. The number of ether oxygens (including phenoxy) is 1. The van der Waals surface area contributed by atoms with Crippen LogP contribution in [0.2, 0.25) is 0 Å². The number of benzene rings is 1. The van der Waals surface area contributed by atoms with Crippen molar-refractivity contribution in [2.24, 2.45) is 5.73 Å². The third-order valence-electron chi connectivity index (χ3n) is 2.65. The van der Waals surface area contributed by atoms with E-state index in [2.05, 4.69) is 5.32 Å². The number of hydrogen-bond donors (Lipinski definition) is 2. The molecule has 3 amide bonds. The molecule has 0 fully saturated rings. The van der Waals surface area contributed by atoms with E-state index in [0.29, 0.717) is 0 Å². The van der Waals surface area contributed by atoms with Crippen LogP contribution in [0.5, 0.6) is 0 Å². The molecule has 114 valence electrons. The molecule has 0 aliphatic heterocycles. The van der Waals surface area contributed by atoms with Crippen molar-refractivity contribution in [1.29, 1.82) is 0 Å². The first-order valence-corrected chi connectivity index (χ1v) is 6.76. The first kappa shape index (κ1) is 16.7. The molecule has 0 saturated heterocycles. The molecule has 1 rings (SSSR count). The van der Waals surface area contributed by atoms with Crippen LogP contribution < -0.4 is 11.1 Å². The lowest BCUT2D eigenvalue weighted by Crippen LogP contribution is -2.44. The van der Waals surface area contributed by atoms with Gasteiger partial charge in [-0.05, 0) is 25.5 Å². The van der Waals surface area contributed by atoms with Gasteiger partial charge in [-0.25, -0.2) is 14.5 Å². The fourth-order valence-corrected chi connectivity index (χ4v) is 1.57. The maximum atomic E-state index is 11.9. The summed E-state index contributed by atoms with van der Waals surface area (Å²) in [4.78, 5) is 24.4. The molecule has 0 aliphatic rings. The third kappa shape index (κ3) is 5.66. The van der Waals surface area contributed by atoms with Crippen molar-refractivity contribution in [2.45, 2.75) is 13.8 Å². The summed E-state index contributed by atoms with van der Waals surface area (Å²) in [5, 5.41) is 2.52.